The molecule has 1 atom stereocenters. The summed E-state index contributed by atoms with van der Waals surface area (Å²) in [6.45, 7) is 0. The third kappa shape index (κ3) is 2.16. The quantitative estimate of drug-likeness (QED) is 0.635. The van der Waals surface area contributed by atoms with Crippen molar-refractivity contribution >= 4 is 29.2 Å². The molecule has 2 aromatic rings. The molecule has 4 rings (SSSR count). The van der Waals surface area contributed by atoms with Crippen LogP contribution < -0.4 is 21.7 Å². The summed E-state index contributed by atoms with van der Waals surface area (Å²) in [5.74, 6) is -0.422. The van der Waals surface area contributed by atoms with Crippen LogP contribution in [-0.4, -0.2) is 17.8 Å². The molecule has 2 aliphatic rings. The monoisotopic (exact) mass is 324 g/mol. The highest BCUT2D eigenvalue weighted by Gasteiger charge is 2.49. The number of hydrogen-bond acceptors (Lipinski definition) is 6. The first-order valence-corrected chi connectivity index (χ1v) is 7.22. The summed E-state index contributed by atoms with van der Waals surface area (Å²) in [5, 5.41) is 8.50. The summed E-state index contributed by atoms with van der Waals surface area (Å²) >= 11 is 0. The van der Waals surface area contributed by atoms with Crippen molar-refractivity contribution < 1.29 is 9.18 Å². The highest BCUT2D eigenvalue weighted by Crippen LogP contribution is 2.40. The molecule has 0 aromatic heterocycles. The largest absolute Gasteiger partial charge is 0.370 e. The van der Waals surface area contributed by atoms with Crippen molar-refractivity contribution in [3.8, 4) is 0 Å². The van der Waals surface area contributed by atoms with Crippen molar-refractivity contribution in [2.45, 2.75) is 5.66 Å². The van der Waals surface area contributed by atoms with Crippen molar-refractivity contribution in [2.75, 3.05) is 10.6 Å². The predicted molar refractivity (Wildman–Crippen MR) is 89.0 cm³/mol. The topological polar surface area (TPSA) is 104 Å². The Balaban J connectivity index is 1.76. The van der Waals surface area contributed by atoms with E-state index in [9.17, 15) is 9.18 Å². The van der Waals surface area contributed by atoms with E-state index in [1.165, 1.54) is 12.1 Å². The standard InChI is InChI=1S/C16H13FN6O/c17-9-5-7-10(8-6-9)19-15-21-14(18)22-16(23-15)11-3-1-2-4-12(11)20-13(16)24/h1-8H,(H,20,24)(H4,18,19,21,22,23)/t16-/m0/s1. The van der Waals surface area contributed by atoms with Crippen molar-refractivity contribution in [2.24, 2.45) is 15.7 Å². The van der Waals surface area contributed by atoms with E-state index in [1.807, 2.05) is 6.07 Å². The van der Waals surface area contributed by atoms with Gasteiger partial charge in [0.05, 0.1) is 0 Å². The van der Waals surface area contributed by atoms with E-state index in [2.05, 4.69) is 25.9 Å². The molecule has 1 spiro atoms. The van der Waals surface area contributed by atoms with E-state index < -0.39 is 5.66 Å². The molecule has 0 radical (unpaired) electrons. The molecule has 0 aliphatic carbocycles. The number of fused-ring (bicyclic) bond motifs is 2. The average Bonchev–Trinajstić information content (AvgIpc) is 2.81. The van der Waals surface area contributed by atoms with E-state index in [0.29, 0.717) is 16.9 Å². The number of halogens is 1. The van der Waals surface area contributed by atoms with Gasteiger partial charge in [0.15, 0.2) is 5.96 Å². The van der Waals surface area contributed by atoms with Gasteiger partial charge in [-0.1, -0.05) is 18.2 Å². The number of carbonyl (C=O) groups is 1. The normalized spacial score (nSPS) is 21.5. The van der Waals surface area contributed by atoms with E-state index >= 15 is 0 Å². The number of rotatable bonds is 1. The Kier molecular flexibility index (Phi) is 2.99. The fourth-order valence-electron chi connectivity index (χ4n) is 2.72. The number of nitrogens with zero attached hydrogens (tertiary/aromatic N) is 2. The Morgan fingerprint density at radius 3 is 2.58 bits per heavy atom. The zero-order valence-electron chi connectivity index (χ0n) is 12.4. The molecule has 0 saturated heterocycles. The van der Waals surface area contributed by atoms with Crippen LogP contribution in [0.1, 0.15) is 5.56 Å². The number of hydrogen-bond donors (Lipinski definition) is 4. The van der Waals surface area contributed by atoms with Crippen molar-refractivity contribution in [3.63, 3.8) is 0 Å². The molecule has 8 heteroatoms. The summed E-state index contributed by atoms with van der Waals surface area (Å²) in [7, 11) is 0. The number of carbonyl (C=O) groups excluding carboxylic acids is 1. The summed E-state index contributed by atoms with van der Waals surface area (Å²) in [6.07, 6.45) is 0. The lowest BCUT2D eigenvalue weighted by Gasteiger charge is -2.26. The number of aliphatic imine (C=N–C) groups is 2. The van der Waals surface area contributed by atoms with Gasteiger partial charge in [0.2, 0.25) is 5.96 Å². The maximum atomic E-state index is 13.0. The lowest BCUT2D eigenvalue weighted by Crippen LogP contribution is -2.49. The van der Waals surface area contributed by atoms with E-state index in [1.54, 1.807) is 30.3 Å². The van der Waals surface area contributed by atoms with Crippen molar-refractivity contribution in [3.05, 3.63) is 59.9 Å². The molecule has 1 amide bonds. The lowest BCUT2D eigenvalue weighted by molar-refractivity contribution is -0.120. The van der Waals surface area contributed by atoms with Crippen LogP contribution in [-0.2, 0) is 10.5 Å². The van der Waals surface area contributed by atoms with Crippen LogP contribution >= 0.6 is 0 Å². The molecule has 2 aromatic carbocycles. The maximum absolute atomic E-state index is 13.0. The first-order valence-electron chi connectivity index (χ1n) is 7.22. The van der Waals surface area contributed by atoms with Gasteiger partial charge in [-0.05, 0) is 30.3 Å². The van der Waals surface area contributed by atoms with E-state index in [-0.39, 0.29) is 23.6 Å². The van der Waals surface area contributed by atoms with Crippen LogP contribution in [0.2, 0.25) is 0 Å². The molecule has 5 N–H and O–H groups in total. The van der Waals surface area contributed by atoms with Gasteiger partial charge in [-0.25, -0.2) is 14.4 Å². The Morgan fingerprint density at radius 2 is 1.79 bits per heavy atom. The number of guanidine groups is 2. The fraction of sp³-hybridized carbons (Fsp3) is 0.0625. The second-order valence-electron chi connectivity index (χ2n) is 5.39. The van der Waals surface area contributed by atoms with Crippen LogP contribution in [0.25, 0.3) is 0 Å². The SMILES string of the molecule is NC1=N[C@@]2(N=C(Nc3ccc(F)cc3)N1)C(=O)Nc1ccccc12. The van der Waals surface area contributed by atoms with Gasteiger partial charge in [0.1, 0.15) is 5.82 Å². The van der Waals surface area contributed by atoms with Crippen LogP contribution in [0.15, 0.2) is 58.5 Å². The van der Waals surface area contributed by atoms with Crippen LogP contribution in [0.4, 0.5) is 15.8 Å². The Hall–Kier alpha value is -3.42. The third-order valence-corrected chi connectivity index (χ3v) is 3.78. The zero-order chi connectivity index (χ0) is 16.7. The van der Waals surface area contributed by atoms with Crippen LogP contribution in [0, 0.1) is 5.82 Å². The number of para-hydroxylation sites is 1. The summed E-state index contributed by atoms with van der Waals surface area (Å²) in [4.78, 5) is 21.2. The van der Waals surface area contributed by atoms with Gasteiger partial charge < -0.3 is 16.4 Å². The number of benzene rings is 2. The van der Waals surface area contributed by atoms with E-state index in [4.69, 9.17) is 5.73 Å². The number of nitrogens with one attached hydrogen (secondary N) is 3. The Bertz CT molecular complexity index is 892. The molecule has 24 heavy (non-hydrogen) atoms. The van der Waals surface area contributed by atoms with Gasteiger partial charge in [-0.3, -0.25) is 10.1 Å². The maximum Gasteiger partial charge on any atom is 0.280 e. The first-order chi connectivity index (χ1) is 11.6. The van der Waals surface area contributed by atoms with Gasteiger partial charge in [0.25, 0.3) is 11.6 Å². The smallest absolute Gasteiger partial charge is 0.280 e. The molecule has 0 unspecified atom stereocenters. The van der Waals surface area contributed by atoms with Crippen LogP contribution in [0.5, 0.6) is 0 Å². The van der Waals surface area contributed by atoms with Gasteiger partial charge in [0, 0.05) is 16.9 Å². The number of anilines is 2. The molecule has 0 fully saturated rings. The first kappa shape index (κ1) is 14.2. The Morgan fingerprint density at radius 1 is 1.04 bits per heavy atom. The molecule has 2 aliphatic heterocycles. The predicted octanol–water partition coefficient (Wildman–Crippen LogP) is 1.32. The van der Waals surface area contributed by atoms with E-state index in [0.717, 1.165) is 0 Å². The second kappa shape index (κ2) is 5.05. The third-order valence-electron chi connectivity index (χ3n) is 3.78. The molecule has 2 heterocycles. The minimum absolute atomic E-state index is 0.0569. The summed E-state index contributed by atoms with van der Waals surface area (Å²) < 4.78 is 13.0. The second-order valence-corrected chi connectivity index (χ2v) is 5.39. The minimum atomic E-state index is -1.46. The highest BCUT2D eigenvalue weighted by molar-refractivity contribution is 6.13. The summed E-state index contributed by atoms with van der Waals surface area (Å²) in [6, 6.07) is 12.9. The number of nitrogens with two attached hydrogens (primary N) is 1. The summed E-state index contributed by atoms with van der Waals surface area (Å²) in [5.41, 5.74) is 6.25. The fourth-order valence-corrected chi connectivity index (χ4v) is 2.72. The molecule has 0 saturated carbocycles. The van der Waals surface area contributed by atoms with Gasteiger partial charge in [-0.15, -0.1) is 0 Å². The average molecular weight is 324 g/mol. The van der Waals surface area contributed by atoms with Gasteiger partial charge in [-0.2, -0.15) is 0 Å². The van der Waals surface area contributed by atoms with Crippen molar-refractivity contribution in [1.82, 2.24) is 5.32 Å². The molecule has 7 nitrogen and oxygen atoms in total. The highest BCUT2D eigenvalue weighted by atomic mass is 19.1. The number of amides is 1. The molecular weight excluding hydrogens is 311 g/mol. The van der Waals surface area contributed by atoms with Crippen LogP contribution in [0.3, 0.4) is 0 Å². The molecule has 120 valence electrons. The lowest BCUT2D eigenvalue weighted by atomic mass is 10.0. The zero-order valence-corrected chi connectivity index (χ0v) is 12.4. The minimum Gasteiger partial charge on any atom is -0.370 e. The van der Waals surface area contributed by atoms with Crippen molar-refractivity contribution in [1.29, 1.82) is 0 Å². The molecular formula is C16H13FN6O. The molecule has 0 bridgehead atoms. The Labute approximate surface area is 136 Å². The van der Waals surface area contributed by atoms with Gasteiger partial charge >= 0.3 is 0 Å².